The first-order valence-corrected chi connectivity index (χ1v) is 7.00. The van der Waals surface area contributed by atoms with E-state index in [0.29, 0.717) is 16.6 Å². The van der Waals surface area contributed by atoms with E-state index in [2.05, 4.69) is 10.3 Å². The number of halogens is 1. The van der Waals surface area contributed by atoms with E-state index in [4.69, 9.17) is 16.3 Å². The van der Waals surface area contributed by atoms with Crippen molar-refractivity contribution in [3.8, 4) is 5.75 Å². The van der Waals surface area contributed by atoms with Crippen molar-refractivity contribution in [1.29, 1.82) is 0 Å². The van der Waals surface area contributed by atoms with Crippen LogP contribution >= 0.6 is 11.6 Å². The summed E-state index contributed by atoms with van der Waals surface area (Å²) in [7, 11) is 0. The third kappa shape index (κ3) is 3.95. The van der Waals surface area contributed by atoms with E-state index in [-0.39, 0.29) is 5.91 Å². The zero-order valence-corrected chi connectivity index (χ0v) is 12.9. The molecule has 4 nitrogen and oxygen atoms in total. The first kappa shape index (κ1) is 15.3. The smallest absolute Gasteiger partial charge is 0.266 e. The minimum Gasteiger partial charge on any atom is -0.481 e. The SMILES string of the molecule is Cc1cccc(O[C@@H](C)C(=O)Nc2ccc(Cl)cn2)c1C. The highest BCUT2D eigenvalue weighted by Gasteiger charge is 2.16. The van der Waals surface area contributed by atoms with E-state index in [9.17, 15) is 4.79 Å². The molecule has 2 aromatic rings. The van der Waals surface area contributed by atoms with E-state index < -0.39 is 6.10 Å². The highest BCUT2D eigenvalue weighted by Crippen LogP contribution is 2.22. The molecule has 1 aromatic heterocycles. The van der Waals surface area contributed by atoms with Gasteiger partial charge in [0.2, 0.25) is 0 Å². The van der Waals surface area contributed by atoms with Gasteiger partial charge in [-0.3, -0.25) is 4.79 Å². The van der Waals surface area contributed by atoms with Gasteiger partial charge in [0.05, 0.1) is 5.02 Å². The van der Waals surface area contributed by atoms with Crippen LogP contribution in [0.3, 0.4) is 0 Å². The predicted octanol–water partition coefficient (Wildman–Crippen LogP) is 3.76. The molecule has 21 heavy (non-hydrogen) atoms. The van der Waals surface area contributed by atoms with Gasteiger partial charge >= 0.3 is 0 Å². The third-order valence-corrected chi connectivity index (χ3v) is 3.43. The number of rotatable bonds is 4. The van der Waals surface area contributed by atoms with Gasteiger partial charge in [0.25, 0.3) is 5.91 Å². The molecular formula is C16H17ClN2O2. The number of aromatic nitrogens is 1. The first-order valence-electron chi connectivity index (χ1n) is 6.62. The van der Waals surface area contributed by atoms with Gasteiger partial charge in [-0.25, -0.2) is 4.98 Å². The van der Waals surface area contributed by atoms with Gasteiger partial charge < -0.3 is 10.1 Å². The highest BCUT2D eigenvalue weighted by atomic mass is 35.5. The zero-order valence-electron chi connectivity index (χ0n) is 12.2. The molecule has 1 N–H and O–H groups in total. The fourth-order valence-electron chi connectivity index (χ4n) is 1.77. The molecule has 1 aromatic carbocycles. The van der Waals surface area contributed by atoms with Crippen molar-refractivity contribution in [2.45, 2.75) is 26.9 Å². The van der Waals surface area contributed by atoms with Gasteiger partial charge in [-0.15, -0.1) is 0 Å². The van der Waals surface area contributed by atoms with Crippen LogP contribution in [0.4, 0.5) is 5.82 Å². The maximum Gasteiger partial charge on any atom is 0.266 e. The minimum absolute atomic E-state index is 0.259. The summed E-state index contributed by atoms with van der Waals surface area (Å²) >= 11 is 5.75. The number of hydrogen-bond acceptors (Lipinski definition) is 3. The maximum atomic E-state index is 12.1. The van der Waals surface area contributed by atoms with Crippen LogP contribution in [0.1, 0.15) is 18.1 Å². The van der Waals surface area contributed by atoms with Crippen LogP contribution in [0.2, 0.25) is 5.02 Å². The van der Waals surface area contributed by atoms with E-state index in [1.807, 2.05) is 32.0 Å². The Morgan fingerprint density at radius 2 is 2.05 bits per heavy atom. The number of carbonyl (C=O) groups is 1. The molecular weight excluding hydrogens is 288 g/mol. The molecule has 0 saturated carbocycles. The fourth-order valence-corrected chi connectivity index (χ4v) is 1.89. The molecule has 0 unspecified atom stereocenters. The molecule has 0 spiro atoms. The molecule has 0 fully saturated rings. The lowest BCUT2D eigenvalue weighted by molar-refractivity contribution is -0.122. The number of pyridine rings is 1. The number of amides is 1. The zero-order chi connectivity index (χ0) is 15.4. The van der Waals surface area contributed by atoms with E-state index in [0.717, 1.165) is 11.1 Å². The van der Waals surface area contributed by atoms with Crippen molar-refractivity contribution in [2.75, 3.05) is 5.32 Å². The summed E-state index contributed by atoms with van der Waals surface area (Å²) in [6, 6.07) is 9.07. The van der Waals surface area contributed by atoms with Crippen LogP contribution in [0.15, 0.2) is 36.5 Å². The topological polar surface area (TPSA) is 51.2 Å². The molecule has 0 radical (unpaired) electrons. The van der Waals surface area contributed by atoms with Gasteiger partial charge in [0, 0.05) is 6.20 Å². The minimum atomic E-state index is -0.622. The second-order valence-electron chi connectivity index (χ2n) is 4.81. The summed E-state index contributed by atoms with van der Waals surface area (Å²) in [4.78, 5) is 16.1. The van der Waals surface area contributed by atoms with E-state index >= 15 is 0 Å². The van der Waals surface area contributed by atoms with Crippen molar-refractivity contribution in [3.05, 3.63) is 52.7 Å². The molecule has 1 atom stereocenters. The predicted molar refractivity (Wildman–Crippen MR) is 83.9 cm³/mol. The first-order chi connectivity index (χ1) is 9.97. The Labute approximate surface area is 129 Å². The largest absolute Gasteiger partial charge is 0.481 e. The van der Waals surface area contributed by atoms with Crippen molar-refractivity contribution in [2.24, 2.45) is 0 Å². The van der Waals surface area contributed by atoms with Crippen molar-refractivity contribution < 1.29 is 9.53 Å². The molecule has 2 rings (SSSR count). The Morgan fingerprint density at radius 1 is 1.29 bits per heavy atom. The highest BCUT2D eigenvalue weighted by molar-refractivity contribution is 6.30. The molecule has 0 saturated heterocycles. The molecule has 5 heteroatoms. The number of carbonyl (C=O) groups excluding carboxylic acids is 1. The Hall–Kier alpha value is -2.07. The number of nitrogens with zero attached hydrogens (tertiary/aromatic N) is 1. The lowest BCUT2D eigenvalue weighted by Crippen LogP contribution is -2.30. The summed E-state index contributed by atoms with van der Waals surface area (Å²) in [5, 5.41) is 3.21. The monoisotopic (exact) mass is 304 g/mol. The number of ether oxygens (including phenoxy) is 1. The Kier molecular flexibility index (Phi) is 4.81. The van der Waals surface area contributed by atoms with Crippen molar-refractivity contribution in [1.82, 2.24) is 4.98 Å². The number of nitrogens with one attached hydrogen (secondary N) is 1. The molecule has 0 aliphatic carbocycles. The van der Waals surface area contributed by atoms with Gasteiger partial charge in [-0.1, -0.05) is 23.7 Å². The number of benzene rings is 1. The van der Waals surface area contributed by atoms with Gasteiger partial charge in [-0.2, -0.15) is 0 Å². The van der Waals surface area contributed by atoms with Crippen LogP contribution in [0.25, 0.3) is 0 Å². The Bertz CT molecular complexity index is 641. The van der Waals surface area contributed by atoms with E-state index in [1.54, 1.807) is 19.1 Å². The summed E-state index contributed by atoms with van der Waals surface area (Å²) in [5.74, 6) is 0.897. The lowest BCUT2D eigenvalue weighted by Gasteiger charge is -2.16. The summed E-state index contributed by atoms with van der Waals surface area (Å²) in [5.41, 5.74) is 2.15. The average molecular weight is 305 g/mol. The van der Waals surface area contributed by atoms with Crippen LogP contribution in [-0.4, -0.2) is 17.0 Å². The van der Waals surface area contributed by atoms with Crippen molar-refractivity contribution in [3.63, 3.8) is 0 Å². The van der Waals surface area contributed by atoms with E-state index in [1.165, 1.54) is 6.20 Å². The summed E-state index contributed by atoms with van der Waals surface area (Å²) in [6.07, 6.45) is 0.857. The molecule has 110 valence electrons. The number of aryl methyl sites for hydroxylation is 1. The van der Waals surface area contributed by atoms with Gasteiger partial charge in [0.1, 0.15) is 11.6 Å². The van der Waals surface area contributed by atoms with Gasteiger partial charge in [-0.05, 0) is 50.1 Å². The third-order valence-electron chi connectivity index (χ3n) is 3.21. The van der Waals surface area contributed by atoms with Crippen molar-refractivity contribution >= 4 is 23.3 Å². The van der Waals surface area contributed by atoms with Crippen LogP contribution in [-0.2, 0) is 4.79 Å². The number of anilines is 1. The maximum absolute atomic E-state index is 12.1. The Morgan fingerprint density at radius 3 is 2.71 bits per heavy atom. The normalized spacial score (nSPS) is 11.8. The summed E-state index contributed by atoms with van der Waals surface area (Å²) < 4.78 is 5.72. The quantitative estimate of drug-likeness (QED) is 0.935. The molecule has 1 heterocycles. The van der Waals surface area contributed by atoms with Crippen LogP contribution in [0.5, 0.6) is 5.75 Å². The van der Waals surface area contributed by atoms with Crippen LogP contribution in [0, 0.1) is 13.8 Å². The molecule has 0 aliphatic rings. The standard InChI is InChI=1S/C16H17ClN2O2/c1-10-5-4-6-14(11(10)2)21-12(3)16(20)19-15-8-7-13(17)9-18-15/h4-9,12H,1-3H3,(H,18,19,20)/t12-/m0/s1. The molecule has 1 amide bonds. The van der Waals surface area contributed by atoms with Gasteiger partial charge in [0.15, 0.2) is 6.10 Å². The second-order valence-corrected chi connectivity index (χ2v) is 5.25. The number of hydrogen-bond donors (Lipinski definition) is 1. The van der Waals surface area contributed by atoms with Crippen LogP contribution < -0.4 is 10.1 Å². The lowest BCUT2D eigenvalue weighted by atomic mass is 10.1. The summed E-state index contributed by atoms with van der Waals surface area (Å²) in [6.45, 7) is 5.67. The second kappa shape index (κ2) is 6.59. The molecule has 0 aliphatic heterocycles. The Balaban J connectivity index is 2.02. The fraction of sp³-hybridized carbons (Fsp3) is 0.250. The molecule has 0 bridgehead atoms. The average Bonchev–Trinajstić information content (AvgIpc) is 2.46.